The summed E-state index contributed by atoms with van der Waals surface area (Å²) < 4.78 is 7.25. The van der Waals surface area contributed by atoms with Crippen LogP contribution in [0.2, 0.25) is 0 Å². The highest BCUT2D eigenvalue weighted by molar-refractivity contribution is 9.10. The van der Waals surface area contributed by atoms with E-state index in [9.17, 15) is 0 Å². The molecule has 2 rings (SSSR count). The maximum absolute atomic E-state index is 6.14. The van der Waals surface area contributed by atoms with E-state index in [1.165, 1.54) is 24.8 Å². The molecule has 0 radical (unpaired) electrons. The molecule has 0 aliphatic heterocycles. The van der Waals surface area contributed by atoms with E-state index in [-0.39, 0.29) is 6.10 Å². The molecule has 1 aromatic carbocycles. The number of likely N-dealkylation sites (N-methyl/N-ethyl adjacent to an activating group) is 1. The third-order valence-corrected chi connectivity index (χ3v) is 3.76. The maximum Gasteiger partial charge on any atom is 0.0952 e. The first-order valence-electron chi connectivity index (χ1n) is 6.41. The molecule has 1 atom stereocenters. The van der Waals surface area contributed by atoms with Crippen molar-refractivity contribution in [1.29, 1.82) is 0 Å². The molecule has 2 nitrogen and oxygen atoms in total. The summed E-state index contributed by atoms with van der Waals surface area (Å²) in [5, 5.41) is 3.38. The van der Waals surface area contributed by atoms with E-state index in [1.807, 2.05) is 0 Å². The fourth-order valence-electron chi connectivity index (χ4n) is 1.94. The number of nitrogens with one attached hydrogen (secondary N) is 1. The molecule has 1 aromatic rings. The molecule has 0 amide bonds. The Labute approximate surface area is 112 Å². The molecule has 0 spiro atoms. The van der Waals surface area contributed by atoms with Gasteiger partial charge in [-0.1, -0.05) is 35.0 Å². The standard InChI is InChI=1S/C14H20BrNO/c1-2-16-10-14(17-13-4-3-5-13)11-6-8-12(15)9-7-11/h6-9,13-14,16H,2-5,10H2,1H3. The Morgan fingerprint density at radius 3 is 2.59 bits per heavy atom. The first-order valence-corrected chi connectivity index (χ1v) is 7.20. The SMILES string of the molecule is CCNCC(OC1CCC1)c1ccc(Br)cc1. The van der Waals surface area contributed by atoms with Crippen molar-refractivity contribution in [3.8, 4) is 0 Å². The van der Waals surface area contributed by atoms with E-state index < -0.39 is 0 Å². The average Bonchev–Trinajstić information content (AvgIpc) is 2.28. The lowest BCUT2D eigenvalue weighted by Gasteiger charge is -2.31. The Kier molecular flexibility index (Phi) is 5.01. The van der Waals surface area contributed by atoms with Crippen LogP contribution in [0.1, 0.15) is 37.9 Å². The topological polar surface area (TPSA) is 21.3 Å². The van der Waals surface area contributed by atoms with E-state index in [2.05, 4.69) is 52.4 Å². The molecule has 0 aromatic heterocycles. The molecule has 1 unspecified atom stereocenters. The summed E-state index contributed by atoms with van der Waals surface area (Å²) in [4.78, 5) is 0. The van der Waals surface area contributed by atoms with Gasteiger partial charge in [0.15, 0.2) is 0 Å². The van der Waals surface area contributed by atoms with E-state index in [0.717, 1.165) is 17.6 Å². The van der Waals surface area contributed by atoms with Gasteiger partial charge in [-0.3, -0.25) is 0 Å². The summed E-state index contributed by atoms with van der Waals surface area (Å²) in [5.74, 6) is 0. The zero-order valence-electron chi connectivity index (χ0n) is 10.3. The van der Waals surface area contributed by atoms with Crippen molar-refractivity contribution in [1.82, 2.24) is 5.32 Å². The molecule has 1 saturated carbocycles. The summed E-state index contributed by atoms with van der Waals surface area (Å²) in [6.45, 7) is 4.01. The zero-order chi connectivity index (χ0) is 12.1. The molecule has 0 heterocycles. The molecule has 17 heavy (non-hydrogen) atoms. The second-order valence-electron chi connectivity index (χ2n) is 4.54. The maximum atomic E-state index is 6.14. The van der Waals surface area contributed by atoms with E-state index >= 15 is 0 Å². The molecular weight excluding hydrogens is 278 g/mol. The highest BCUT2D eigenvalue weighted by Gasteiger charge is 2.23. The minimum absolute atomic E-state index is 0.188. The number of benzene rings is 1. The lowest BCUT2D eigenvalue weighted by molar-refractivity contribution is -0.0517. The quantitative estimate of drug-likeness (QED) is 0.865. The van der Waals surface area contributed by atoms with Crippen LogP contribution < -0.4 is 5.32 Å². The van der Waals surface area contributed by atoms with Crippen LogP contribution in [-0.2, 0) is 4.74 Å². The van der Waals surface area contributed by atoms with Crippen molar-refractivity contribution >= 4 is 15.9 Å². The number of halogens is 1. The zero-order valence-corrected chi connectivity index (χ0v) is 11.9. The third kappa shape index (κ3) is 3.80. The van der Waals surface area contributed by atoms with Gasteiger partial charge < -0.3 is 10.1 Å². The fraction of sp³-hybridized carbons (Fsp3) is 0.571. The Hall–Kier alpha value is -0.380. The Morgan fingerprint density at radius 1 is 1.35 bits per heavy atom. The molecule has 1 aliphatic carbocycles. The van der Waals surface area contributed by atoms with Crippen molar-refractivity contribution in [3.05, 3.63) is 34.3 Å². The van der Waals surface area contributed by atoms with Crippen molar-refractivity contribution in [3.63, 3.8) is 0 Å². The van der Waals surface area contributed by atoms with Crippen molar-refractivity contribution in [2.24, 2.45) is 0 Å². The number of ether oxygens (including phenoxy) is 1. The lowest BCUT2D eigenvalue weighted by atomic mass is 9.95. The van der Waals surface area contributed by atoms with Gasteiger partial charge in [0.1, 0.15) is 0 Å². The Morgan fingerprint density at radius 2 is 2.06 bits per heavy atom. The van der Waals surface area contributed by atoms with Gasteiger partial charge in [-0.25, -0.2) is 0 Å². The largest absolute Gasteiger partial charge is 0.369 e. The lowest BCUT2D eigenvalue weighted by Crippen LogP contribution is -2.30. The van der Waals surface area contributed by atoms with Gasteiger partial charge in [0.25, 0.3) is 0 Å². The van der Waals surface area contributed by atoms with Crippen molar-refractivity contribution in [2.75, 3.05) is 13.1 Å². The van der Waals surface area contributed by atoms with Crippen LogP contribution >= 0.6 is 15.9 Å². The smallest absolute Gasteiger partial charge is 0.0952 e. The van der Waals surface area contributed by atoms with Crippen molar-refractivity contribution in [2.45, 2.75) is 38.4 Å². The minimum Gasteiger partial charge on any atom is -0.369 e. The van der Waals surface area contributed by atoms with Crippen LogP contribution in [0.4, 0.5) is 0 Å². The number of hydrogen-bond acceptors (Lipinski definition) is 2. The molecule has 1 N–H and O–H groups in total. The summed E-state index contributed by atoms with van der Waals surface area (Å²) in [6, 6.07) is 8.45. The Balaban J connectivity index is 1.99. The number of rotatable bonds is 6. The Bertz CT molecular complexity index is 335. The second kappa shape index (κ2) is 6.53. The predicted octanol–water partition coefficient (Wildman–Crippen LogP) is 3.67. The van der Waals surface area contributed by atoms with Gasteiger partial charge in [-0.15, -0.1) is 0 Å². The summed E-state index contributed by atoms with van der Waals surface area (Å²) in [6.07, 6.45) is 4.42. The molecule has 0 saturated heterocycles. The van der Waals surface area contributed by atoms with Crippen LogP contribution in [-0.4, -0.2) is 19.2 Å². The summed E-state index contributed by atoms with van der Waals surface area (Å²) >= 11 is 3.47. The number of hydrogen-bond donors (Lipinski definition) is 1. The van der Waals surface area contributed by atoms with Gasteiger partial charge in [-0.2, -0.15) is 0 Å². The van der Waals surface area contributed by atoms with Gasteiger partial charge in [-0.05, 0) is 43.5 Å². The van der Waals surface area contributed by atoms with Crippen LogP contribution in [0, 0.1) is 0 Å². The van der Waals surface area contributed by atoms with Gasteiger partial charge >= 0.3 is 0 Å². The molecule has 1 fully saturated rings. The van der Waals surface area contributed by atoms with Gasteiger partial charge in [0.2, 0.25) is 0 Å². The first kappa shape index (κ1) is 13.1. The molecule has 0 bridgehead atoms. The molecular formula is C14H20BrNO. The van der Waals surface area contributed by atoms with E-state index in [0.29, 0.717) is 6.10 Å². The summed E-state index contributed by atoms with van der Waals surface area (Å²) in [5.41, 5.74) is 1.26. The fourth-order valence-corrected chi connectivity index (χ4v) is 2.20. The predicted molar refractivity (Wildman–Crippen MR) is 74.2 cm³/mol. The monoisotopic (exact) mass is 297 g/mol. The van der Waals surface area contributed by atoms with E-state index in [4.69, 9.17) is 4.74 Å². The molecule has 94 valence electrons. The van der Waals surface area contributed by atoms with Crippen LogP contribution in [0.3, 0.4) is 0 Å². The van der Waals surface area contributed by atoms with Crippen LogP contribution in [0.25, 0.3) is 0 Å². The summed E-state index contributed by atoms with van der Waals surface area (Å²) in [7, 11) is 0. The normalized spacial score (nSPS) is 17.8. The van der Waals surface area contributed by atoms with E-state index in [1.54, 1.807) is 0 Å². The average molecular weight is 298 g/mol. The van der Waals surface area contributed by atoms with Crippen molar-refractivity contribution < 1.29 is 4.74 Å². The third-order valence-electron chi connectivity index (χ3n) is 3.23. The second-order valence-corrected chi connectivity index (χ2v) is 5.45. The van der Waals surface area contributed by atoms with Crippen LogP contribution in [0.5, 0.6) is 0 Å². The minimum atomic E-state index is 0.188. The molecule has 3 heteroatoms. The highest BCUT2D eigenvalue weighted by Crippen LogP contribution is 2.29. The molecule has 1 aliphatic rings. The first-order chi connectivity index (χ1) is 8.29. The van der Waals surface area contributed by atoms with Gasteiger partial charge in [0, 0.05) is 11.0 Å². The van der Waals surface area contributed by atoms with Crippen LogP contribution in [0.15, 0.2) is 28.7 Å². The van der Waals surface area contributed by atoms with Gasteiger partial charge in [0.05, 0.1) is 12.2 Å². The highest BCUT2D eigenvalue weighted by atomic mass is 79.9.